The van der Waals surface area contributed by atoms with E-state index in [4.69, 9.17) is 4.52 Å². The van der Waals surface area contributed by atoms with Crippen LogP contribution in [0.4, 0.5) is 0 Å². The van der Waals surface area contributed by atoms with Gasteiger partial charge >= 0.3 is 0 Å². The molecule has 1 aliphatic heterocycles. The predicted octanol–water partition coefficient (Wildman–Crippen LogP) is 4.30. The fourth-order valence-corrected chi connectivity index (χ4v) is 7.77. The molecule has 1 N–H and O–H groups in total. The molecule has 182 valence electrons. The maximum Gasteiger partial charge on any atom is 0.244 e. The number of carbonyl (C=O) groups excluding carboxylic acids is 1. The molecule has 1 saturated carbocycles. The van der Waals surface area contributed by atoms with E-state index in [0.29, 0.717) is 40.9 Å². The highest BCUT2D eigenvalue weighted by atomic mass is 32.2. The summed E-state index contributed by atoms with van der Waals surface area (Å²) < 4.78 is 33.6. The maximum atomic E-state index is 13.5. The van der Waals surface area contributed by atoms with Crippen molar-refractivity contribution in [3.8, 4) is 10.7 Å². The summed E-state index contributed by atoms with van der Waals surface area (Å²) >= 11 is 1.35. The Balaban J connectivity index is 1.45. The van der Waals surface area contributed by atoms with Crippen molar-refractivity contribution in [1.29, 1.82) is 0 Å². The minimum Gasteiger partial charge on any atom is -0.353 e. The summed E-state index contributed by atoms with van der Waals surface area (Å²) in [5, 5.41) is 7.20. The van der Waals surface area contributed by atoms with Gasteiger partial charge in [0.1, 0.15) is 0 Å². The summed E-state index contributed by atoms with van der Waals surface area (Å²) in [7, 11) is -3.71. The number of thiophene rings is 1. The maximum absolute atomic E-state index is 13.5. The van der Waals surface area contributed by atoms with Crippen molar-refractivity contribution in [1.82, 2.24) is 19.8 Å². The van der Waals surface area contributed by atoms with Gasteiger partial charge in [-0.1, -0.05) is 44.2 Å². The highest BCUT2D eigenvalue weighted by molar-refractivity contribution is 7.89. The number of carbonyl (C=O) groups is 1. The largest absolute Gasteiger partial charge is 0.353 e. The van der Waals surface area contributed by atoms with Gasteiger partial charge in [0, 0.05) is 30.4 Å². The van der Waals surface area contributed by atoms with Gasteiger partial charge in [0.2, 0.25) is 27.6 Å². The lowest BCUT2D eigenvalue weighted by atomic mass is 9.94. The smallest absolute Gasteiger partial charge is 0.244 e. The Labute approximate surface area is 200 Å². The number of aryl methyl sites for hydroxylation is 2. The number of rotatable bonds is 6. The molecule has 2 fully saturated rings. The SMILES string of the molecule is CCc1nc(-c2cc(S(=O)(=O)N3CCC[C@@H](C(=O)NC4CCCCCCC4)C3)c(C)s2)no1. The topological polar surface area (TPSA) is 105 Å². The Morgan fingerprint density at radius 2 is 1.91 bits per heavy atom. The molecule has 4 rings (SSSR count). The van der Waals surface area contributed by atoms with Crippen LogP contribution in [0.1, 0.15) is 75.5 Å². The normalized spacial score (nSPS) is 21.5. The molecule has 0 spiro atoms. The molecule has 2 aliphatic rings. The summed E-state index contributed by atoms with van der Waals surface area (Å²) in [4.78, 5) is 19.0. The van der Waals surface area contributed by atoms with Crippen LogP contribution in [-0.2, 0) is 21.2 Å². The number of aromatic nitrogens is 2. The van der Waals surface area contributed by atoms with E-state index in [-0.39, 0.29) is 29.3 Å². The second kappa shape index (κ2) is 10.7. The van der Waals surface area contributed by atoms with Crippen LogP contribution in [0.5, 0.6) is 0 Å². The Morgan fingerprint density at radius 3 is 2.61 bits per heavy atom. The number of nitrogens with one attached hydrogen (secondary N) is 1. The first kappa shape index (κ1) is 24.3. The molecule has 33 heavy (non-hydrogen) atoms. The second-order valence-electron chi connectivity index (χ2n) is 9.15. The third kappa shape index (κ3) is 5.66. The number of hydrogen-bond donors (Lipinski definition) is 1. The van der Waals surface area contributed by atoms with E-state index >= 15 is 0 Å². The van der Waals surface area contributed by atoms with Crippen molar-refractivity contribution in [2.45, 2.75) is 89.0 Å². The fourth-order valence-electron chi connectivity index (χ4n) is 4.76. The molecular formula is C23H34N4O4S2. The van der Waals surface area contributed by atoms with Gasteiger partial charge in [0.15, 0.2) is 0 Å². The van der Waals surface area contributed by atoms with Crippen LogP contribution in [-0.4, -0.2) is 47.9 Å². The molecule has 8 nitrogen and oxygen atoms in total. The molecular weight excluding hydrogens is 460 g/mol. The minimum atomic E-state index is -3.71. The van der Waals surface area contributed by atoms with E-state index in [1.54, 1.807) is 13.0 Å². The predicted molar refractivity (Wildman–Crippen MR) is 127 cm³/mol. The summed E-state index contributed by atoms with van der Waals surface area (Å²) in [6.45, 7) is 4.38. The van der Waals surface area contributed by atoms with Crippen molar-refractivity contribution >= 4 is 27.3 Å². The molecule has 1 amide bonds. The van der Waals surface area contributed by atoms with Crippen LogP contribution >= 0.6 is 11.3 Å². The Bertz CT molecular complexity index is 1050. The zero-order valence-electron chi connectivity index (χ0n) is 19.5. The van der Waals surface area contributed by atoms with E-state index in [2.05, 4.69) is 15.5 Å². The summed E-state index contributed by atoms with van der Waals surface area (Å²) in [6.07, 6.45) is 10.1. The molecule has 1 aliphatic carbocycles. The first-order valence-corrected chi connectivity index (χ1v) is 14.4. The number of sulfonamides is 1. The molecule has 0 radical (unpaired) electrons. The molecule has 2 aromatic heterocycles. The lowest BCUT2D eigenvalue weighted by molar-refractivity contribution is -0.126. The van der Waals surface area contributed by atoms with Gasteiger partial charge in [-0.3, -0.25) is 4.79 Å². The lowest BCUT2D eigenvalue weighted by Crippen LogP contribution is -2.47. The van der Waals surface area contributed by atoms with Gasteiger partial charge in [0.25, 0.3) is 0 Å². The molecule has 0 unspecified atom stereocenters. The number of amides is 1. The van der Waals surface area contributed by atoms with Crippen LogP contribution in [0.15, 0.2) is 15.5 Å². The monoisotopic (exact) mass is 494 g/mol. The standard InChI is InChI=1S/C23H34N4O4S2/c1-3-21-25-22(26-31-21)19-14-20(16(2)32-19)33(29,30)27-13-9-10-17(15-27)23(28)24-18-11-7-5-4-6-8-12-18/h14,17-18H,3-13,15H2,1-2H3,(H,24,28)/t17-/m1/s1. The van der Waals surface area contributed by atoms with Gasteiger partial charge in [-0.2, -0.15) is 9.29 Å². The highest BCUT2D eigenvalue weighted by Crippen LogP contribution is 2.35. The average molecular weight is 495 g/mol. The fraction of sp³-hybridized carbons (Fsp3) is 0.696. The molecule has 2 aromatic rings. The lowest BCUT2D eigenvalue weighted by Gasteiger charge is -2.32. The van der Waals surface area contributed by atoms with Crippen molar-refractivity contribution in [3.63, 3.8) is 0 Å². The summed E-state index contributed by atoms with van der Waals surface area (Å²) in [6, 6.07) is 1.85. The molecule has 10 heteroatoms. The van der Waals surface area contributed by atoms with Crippen LogP contribution in [0.3, 0.4) is 0 Å². The van der Waals surface area contributed by atoms with E-state index in [1.807, 2.05) is 6.92 Å². The van der Waals surface area contributed by atoms with Crippen LogP contribution in [0, 0.1) is 12.8 Å². The third-order valence-electron chi connectivity index (χ3n) is 6.69. The summed E-state index contributed by atoms with van der Waals surface area (Å²) in [5.41, 5.74) is 0. The van der Waals surface area contributed by atoms with E-state index in [1.165, 1.54) is 34.9 Å². The zero-order chi connectivity index (χ0) is 23.4. The van der Waals surface area contributed by atoms with Crippen LogP contribution in [0.2, 0.25) is 0 Å². The number of hydrogen-bond acceptors (Lipinski definition) is 7. The van der Waals surface area contributed by atoms with Gasteiger partial charge in [0.05, 0.1) is 15.7 Å². The third-order valence-corrected chi connectivity index (χ3v) is 9.85. The van der Waals surface area contributed by atoms with Gasteiger partial charge in [-0.25, -0.2) is 8.42 Å². The van der Waals surface area contributed by atoms with E-state index in [0.717, 1.165) is 32.1 Å². The Hall–Kier alpha value is -1.78. The molecule has 3 heterocycles. The van der Waals surface area contributed by atoms with Gasteiger partial charge in [-0.05, 0) is 38.7 Å². The zero-order valence-corrected chi connectivity index (χ0v) is 21.1. The van der Waals surface area contributed by atoms with Crippen LogP contribution < -0.4 is 5.32 Å². The highest BCUT2D eigenvalue weighted by Gasteiger charge is 2.35. The van der Waals surface area contributed by atoms with Crippen molar-refractivity contribution in [2.24, 2.45) is 5.92 Å². The van der Waals surface area contributed by atoms with Gasteiger partial charge in [-0.15, -0.1) is 11.3 Å². The first-order valence-electron chi connectivity index (χ1n) is 12.1. The quantitative estimate of drug-likeness (QED) is 0.642. The van der Waals surface area contributed by atoms with Gasteiger partial charge < -0.3 is 9.84 Å². The minimum absolute atomic E-state index is 0.00194. The van der Waals surface area contributed by atoms with Crippen LogP contribution in [0.25, 0.3) is 10.7 Å². The first-order chi connectivity index (χ1) is 15.9. The molecule has 0 bridgehead atoms. The van der Waals surface area contributed by atoms with Crippen molar-refractivity contribution in [3.05, 3.63) is 16.8 Å². The van der Waals surface area contributed by atoms with E-state index in [9.17, 15) is 13.2 Å². The second-order valence-corrected chi connectivity index (χ2v) is 12.3. The molecule has 1 saturated heterocycles. The van der Waals surface area contributed by atoms with Crippen molar-refractivity contribution in [2.75, 3.05) is 13.1 Å². The summed E-state index contributed by atoms with van der Waals surface area (Å²) in [5.74, 6) is 0.634. The molecule has 0 aromatic carbocycles. The number of piperidine rings is 1. The van der Waals surface area contributed by atoms with E-state index < -0.39 is 10.0 Å². The average Bonchev–Trinajstić information content (AvgIpc) is 3.42. The number of nitrogens with zero attached hydrogens (tertiary/aromatic N) is 3. The van der Waals surface area contributed by atoms with Crippen molar-refractivity contribution < 1.29 is 17.7 Å². The Kier molecular flexibility index (Phi) is 7.86. The Morgan fingerprint density at radius 1 is 1.18 bits per heavy atom. The molecule has 1 atom stereocenters.